The van der Waals surface area contributed by atoms with Crippen LogP contribution in [0.5, 0.6) is 5.75 Å². The Hall–Kier alpha value is -6.91. The van der Waals surface area contributed by atoms with Gasteiger partial charge >= 0.3 is 24.5 Å². The Labute approximate surface area is 512 Å². The highest BCUT2D eigenvalue weighted by Gasteiger charge is 2.49. The number of ether oxygens (including phenoxy) is 1. The topological polar surface area (TPSA) is 138 Å². The lowest BCUT2D eigenvalue weighted by Crippen LogP contribution is -2.49. The average molecular weight is 1250 g/mol. The van der Waals surface area contributed by atoms with Crippen molar-refractivity contribution in [3.05, 3.63) is 134 Å². The molecule has 0 amide bonds. The Kier molecular flexibility index (Phi) is 20.5. The van der Waals surface area contributed by atoms with Crippen LogP contribution in [0.4, 0.5) is 39.5 Å². The van der Waals surface area contributed by atoms with E-state index in [1.807, 2.05) is 104 Å². The fourth-order valence-corrected chi connectivity index (χ4v) is 14.7. The van der Waals surface area contributed by atoms with Crippen LogP contribution in [-0.4, -0.2) is 141 Å². The van der Waals surface area contributed by atoms with Crippen LogP contribution < -0.4 is 10.3 Å². The van der Waals surface area contributed by atoms with Crippen molar-refractivity contribution in [3.63, 3.8) is 0 Å². The lowest BCUT2D eigenvalue weighted by Gasteiger charge is -2.40. The Morgan fingerprint density at radius 2 is 0.910 bits per heavy atom. The predicted molar refractivity (Wildman–Crippen MR) is 328 cm³/mol. The number of alkyl halides is 9. The standard InChI is InChI=1S/C28H34F3N3O3.C20H25F3N2O.C19H23F3N2O2/c1-16-14-24(37-5)21(27(36)32-16)10-11-23(35)26-18(3)34(22-9-7-6-8-20(22)26)17(2)19-12-13-33(4)25(15-19)28(29,30)31;1-12(15-9-10-24(4)18(11-15)20(21,22)23)25-13(2)19(14(3)26)16-7-5-6-8-17(16)25;1-11(13-8-9-23(3)16(10-13)19(20,21)22)24-12(2)17(18(25)26)14-6-4-5-7-15(14)24/h6-9,14,17,19,25H,10-13,15H2,1-5H3,(H,32,36);5-8,12,15,18H,9-11H2,1-4H3;4-7,11,13,16H,8-10H2,1-3H3,(H,25,26). The smallest absolute Gasteiger partial charge is 0.404 e. The van der Waals surface area contributed by atoms with Crippen LogP contribution in [0.25, 0.3) is 32.7 Å². The van der Waals surface area contributed by atoms with Crippen LogP contribution in [0.2, 0.25) is 0 Å². The number of pyridine rings is 1. The number of rotatable bonds is 13. The highest BCUT2D eigenvalue weighted by Crippen LogP contribution is 2.44. The summed E-state index contributed by atoms with van der Waals surface area (Å²) in [5.74, 6) is -1.14. The van der Waals surface area contributed by atoms with Crippen molar-refractivity contribution < 1.29 is 63.7 Å². The number of halogens is 9. The summed E-state index contributed by atoms with van der Waals surface area (Å²) in [6, 6.07) is 19.2. The van der Waals surface area contributed by atoms with Crippen molar-refractivity contribution in [3.8, 4) is 5.75 Å². The molecule has 7 heterocycles. The number of carbonyl (C=O) groups excluding carboxylic acids is 2. The van der Waals surface area contributed by atoms with E-state index in [2.05, 4.69) is 9.55 Å². The molecule has 3 aliphatic heterocycles. The van der Waals surface area contributed by atoms with Crippen molar-refractivity contribution in [2.24, 2.45) is 17.8 Å². The van der Waals surface area contributed by atoms with Crippen molar-refractivity contribution in [2.45, 2.75) is 162 Å². The van der Waals surface area contributed by atoms with Gasteiger partial charge in [-0.15, -0.1) is 0 Å². The molecule has 13 nitrogen and oxygen atoms in total. The van der Waals surface area contributed by atoms with Gasteiger partial charge in [-0.1, -0.05) is 54.6 Å². The van der Waals surface area contributed by atoms with Crippen molar-refractivity contribution >= 4 is 50.2 Å². The van der Waals surface area contributed by atoms with Gasteiger partial charge in [0.25, 0.3) is 5.56 Å². The van der Waals surface area contributed by atoms with E-state index in [1.54, 1.807) is 46.0 Å². The van der Waals surface area contributed by atoms with Gasteiger partial charge in [0, 0.05) is 91.2 Å². The second-order valence-electron chi connectivity index (χ2n) is 24.8. The Balaban J connectivity index is 0.000000177. The molecule has 10 rings (SSSR count). The molecule has 0 spiro atoms. The number of piperidine rings is 3. The molecule has 22 heteroatoms. The maximum absolute atomic E-state index is 13.7. The number of aryl methyl sites for hydroxylation is 1. The number of aromatic amines is 1. The van der Waals surface area contributed by atoms with E-state index in [0.29, 0.717) is 78.1 Å². The first kappa shape index (κ1) is 68.0. The average Bonchev–Trinajstić information content (AvgIpc) is 1.66. The van der Waals surface area contributed by atoms with Gasteiger partial charge in [-0.25, -0.2) is 4.79 Å². The number of benzene rings is 3. The summed E-state index contributed by atoms with van der Waals surface area (Å²) in [6.07, 6.45) is -10.3. The van der Waals surface area contributed by atoms with E-state index in [-0.39, 0.29) is 90.7 Å². The minimum Gasteiger partial charge on any atom is -0.496 e. The van der Waals surface area contributed by atoms with Crippen LogP contribution in [0.1, 0.15) is 150 Å². The molecule has 7 aromatic rings. The molecule has 0 radical (unpaired) electrons. The Morgan fingerprint density at radius 3 is 1.26 bits per heavy atom. The van der Waals surface area contributed by atoms with E-state index in [0.717, 1.165) is 38.7 Å². The third-order valence-electron chi connectivity index (χ3n) is 19.5. The molecular weight excluding hydrogens is 1170 g/mol. The van der Waals surface area contributed by atoms with Crippen molar-refractivity contribution in [2.75, 3.05) is 47.9 Å². The third kappa shape index (κ3) is 14.0. The minimum atomic E-state index is -4.28. The number of aromatic carboxylic acids is 1. The number of methoxy groups -OCH3 is 1. The number of likely N-dealkylation sites (tertiary alicyclic amines) is 3. The molecule has 3 aromatic carbocycles. The molecule has 9 atom stereocenters. The quantitative estimate of drug-likeness (QED) is 0.0854. The van der Waals surface area contributed by atoms with Crippen LogP contribution in [0, 0.1) is 45.4 Å². The van der Waals surface area contributed by atoms with Crippen LogP contribution in [0.3, 0.4) is 0 Å². The van der Waals surface area contributed by atoms with Gasteiger partial charge in [0.2, 0.25) is 0 Å². The number of para-hydroxylation sites is 3. The zero-order valence-electron chi connectivity index (χ0n) is 52.6. The van der Waals surface area contributed by atoms with Gasteiger partial charge in [0.05, 0.1) is 18.2 Å². The summed E-state index contributed by atoms with van der Waals surface area (Å²) in [5.41, 5.74) is 6.97. The van der Waals surface area contributed by atoms with E-state index in [1.165, 1.54) is 35.9 Å². The third-order valence-corrected chi connectivity index (χ3v) is 19.5. The molecule has 3 saturated heterocycles. The second kappa shape index (κ2) is 26.9. The number of hydrogen-bond acceptors (Lipinski definition) is 8. The van der Waals surface area contributed by atoms with E-state index in [9.17, 15) is 63.8 Å². The summed E-state index contributed by atoms with van der Waals surface area (Å²) in [7, 11) is 6.08. The van der Waals surface area contributed by atoms with Gasteiger partial charge in [-0.05, 0) is 183 Å². The maximum Gasteiger partial charge on any atom is 0.404 e. The molecule has 89 heavy (non-hydrogen) atoms. The van der Waals surface area contributed by atoms with Gasteiger partial charge in [0.1, 0.15) is 23.9 Å². The number of ketones is 2. The number of nitrogens with one attached hydrogen (secondary N) is 1. The molecule has 0 aliphatic carbocycles. The summed E-state index contributed by atoms with van der Waals surface area (Å²) in [4.78, 5) is 56.8. The molecule has 3 fully saturated rings. The van der Waals surface area contributed by atoms with Crippen molar-refractivity contribution in [1.29, 1.82) is 0 Å². The summed E-state index contributed by atoms with van der Waals surface area (Å²) in [5, 5.41) is 11.9. The van der Waals surface area contributed by atoms with E-state index in [4.69, 9.17) is 4.74 Å². The fourth-order valence-electron chi connectivity index (χ4n) is 14.7. The number of carboxylic acids is 1. The van der Waals surface area contributed by atoms with Crippen LogP contribution in [-0.2, 0) is 6.42 Å². The Bertz CT molecular complexity index is 3630. The van der Waals surface area contributed by atoms with Gasteiger partial charge in [0.15, 0.2) is 11.6 Å². The number of H-pyrrole nitrogens is 1. The van der Waals surface area contributed by atoms with Gasteiger partial charge < -0.3 is 28.5 Å². The number of fused-ring (bicyclic) bond motifs is 3. The number of nitrogens with zero attached hydrogens (tertiary/aromatic N) is 6. The molecule has 484 valence electrons. The van der Waals surface area contributed by atoms with E-state index < -0.39 is 42.6 Å². The van der Waals surface area contributed by atoms with E-state index >= 15 is 0 Å². The van der Waals surface area contributed by atoms with Crippen molar-refractivity contribution in [1.82, 2.24) is 33.4 Å². The lowest BCUT2D eigenvalue weighted by molar-refractivity contribution is -0.193. The predicted octanol–water partition coefficient (Wildman–Crippen LogP) is 15.1. The molecule has 3 aliphatic rings. The van der Waals surface area contributed by atoms with Gasteiger partial charge in [-0.2, -0.15) is 39.5 Å². The molecule has 4 aromatic heterocycles. The largest absolute Gasteiger partial charge is 0.496 e. The monoisotopic (exact) mass is 1250 g/mol. The van der Waals surface area contributed by atoms with Crippen LogP contribution in [0.15, 0.2) is 83.7 Å². The molecular formula is C67H82F9N7O6. The zero-order chi connectivity index (χ0) is 65.5. The molecule has 9 unspecified atom stereocenters. The second-order valence-corrected chi connectivity index (χ2v) is 24.8. The minimum absolute atomic E-state index is 0.0128. The van der Waals surface area contributed by atoms with Crippen LogP contribution >= 0.6 is 0 Å². The molecule has 2 N–H and O–H groups in total. The number of hydrogen-bond donors (Lipinski definition) is 2. The SMILES string of the molecule is CC(=O)c1c(C)n(C(C)C2CCN(C)C(C(F)(F)F)C2)c2ccccc12.COc1cc(C)[nH]c(=O)c1CCC(=O)c1c(C)n(C(C)C2CCN(C)C(C(F)(F)F)C2)c2ccccc12.Cc1c(C(=O)O)c2ccccc2n1C(C)C1CCN(C)C(C(F)(F)F)C1. The Morgan fingerprint density at radius 1 is 0.573 bits per heavy atom. The number of carbonyl (C=O) groups is 3. The highest BCUT2D eigenvalue weighted by molar-refractivity contribution is 6.10. The number of aromatic nitrogens is 4. The molecule has 0 bridgehead atoms. The fraction of sp³-hybridized carbons (Fsp3) is 0.522. The summed E-state index contributed by atoms with van der Waals surface area (Å²) in [6.45, 7) is 15.8. The lowest BCUT2D eigenvalue weighted by atomic mass is 9.85. The molecule has 0 saturated carbocycles. The zero-order valence-corrected chi connectivity index (χ0v) is 52.6. The first-order valence-electron chi connectivity index (χ1n) is 30.3. The maximum atomic E-state index is 13.7. The summed E-state index contributed by atoms with van der Waals surface area (Å²) >= 11 is 0. The number of carboxylic acid groups (broad SMARTS) is 1. The first-order valence-corrected chi connectivity index (χ1v) is 30.3. The first-order chi connectivity index (χ1) is 41.7. The van der Waals surface area contributed by atoms with Gasteiger partial charge in [-0.3, -0.25) is 29.1 Å². The number of Topliss-reactive ketones (excluding diaryl/α,β-unsaturated/α-hetero) is 2. The summed E-state index contributed by atoms with van der Waals surface area (Å²) < 4.78 is 133. The highest BCUT2D eigenvalue weighted by atomic mass is 19.4. The normalized spacial score (nSPS) is 21.9.